The Kier molecular flexibility index (Phi) is 3.26. The molecule has 0 radical (unpaired) electrons. The summed E-state index contributed by atoms with van der Waals surface area (Å²) in [6.07, 6.45) is 3.30. The zero-order valence-electron chi connectivity index (χ0n) is 12.8. The third kappa shape index (κ3) is 2.44. The number of likely N-dealkylation sites (tertiary alicyclic amines) is 1. The molecule has 1 aliphatic heterocycles. The summed E-state index contributed by atoms with van der Waals surface area (Å²) >= 11 is 1.45. The predicted octanol–water partition coefficient (Wildman–Crippen LogP) is 1.71. The molecule has 1 saturated heterocycles. The zero-order valence-corrected chi connectivity index (χ0v) is 13.6. The topological polar surface area (TPSA) is 72.6 Å². The summed E-state index contributed by atoms with van der Waals surface area (Å²) in [4.78, 5) is 22.9. The van der Waals surface area contributed by atoms with Gasteiger partial charge in [0.1, 0.15) is 11.7 Å². The van der Waals surface area contributed by atoms with E-state index >= 15 is 0 Å². The van der Waals surface area contributed by atoms with Gasteiger partial charge in [-0.25, -0.2) is 14.5 Å². The van der Waals surface area contributed by atoms with Crippen molar-refractivity contribution in [2.75, 3.05) is 13.1 Å². The Balaban J connectivity index is 1.50. The second-order valence-electron chi connectivity index (χ2n) is 5.58. The summed E-state index contributed by atoms with van der Waals surface area (Å²) in [5, 5.41) is 6.78. The third-order valence-corrected chi connectivity index (χ3v) is 4.48. The first-order chi connectivity index (χ1) is 11.1. The van der Waals surface area contributed by atoms with Crippen molar-refractivity contribution in [3.05, 3.63) is 40.8 Å². The van der Waals surface area contributed by atoms with Crippen LogP contribution in [0.2, 0.25) is 0 Å². The molecule has 1 aliphatic rings. The number of hydrogen-bond donors (Lipinski definition) is 0. The minimum Gasteiger partial charge on any atom is -0.463 e. The quantitative estimate of drug-likeness (QED) is 0.731. The predicted molar refractivity (Wildman–Crippen MR) is 84.9 cm³/mol. The highest BCUT2D eigenvalue weighted by Crippen LogP contribution is 2.22. The average Bonchev–Trinajstić information content (AvgIpc) is 3.10. The van der Waals surface area contributed by atoms with Gasteiger partial charge in [0.25, 0.3) is 11.1 Å². The number of rotatable bonds is 3. The first-order valence-corrected chi connectivity index (χ1v) is 8.17. The van der Waals surface area contributed by atoms with Crippen LogP contribution in [0.1, 0.15) is 21.7 Å². The second kappa shape index (κ2) is 5.31. The molecule has 0 aliphatic carbocycles. The molecule has 4 rings (SSSR count). The molecule has 8 heteroatoms. The van der Waals surface area contributed by atoms with E-state index in [1.54, 1.807) is 21.8 Å². The number of ether oxygens (including phenoxy) is 1. The number of nitrogens with zero attached hydrogens (tertiary/aromatic N) is 5. The molecule has 0 N–H and O–H groups in total. The van der Waals surface area contributed by atoms with Crippen LogP contribution in [0.5, 0.6) is 5.19 Å². The summed E-state index contributed by atoms with van der Waals surface area (Å²) < 4.78 is 7.39. The summed E-state index contributed by atoms with van der Waals surface area (Å²) in [7, 11) is 0. The summed E-state index contributed by atoms with van der Waals surface area (Å²) in [6, 6.07) is 1.94. The number of carbonyl (C=O) groups is 1. The SMILES string of the molecule is Cc1cc(C)n2ncc(C(=O)N3CC(Oc4nccs4)C3)c2n1. The number of thiazole rings is 1. The monoisotopic (exact) mass is 329 g/mol. The Morgan fingerprint density at radius 1 is 1.39 bits per heavy atom. The van der Waals surface area contributed by atoms with Crippen molar-refractivity contribution in [1.82, 2.24) is 24.5 Å². The molecule has 0 bridgehead atoms. The van der Waals surface area contributed by atoms with Crippen molar-refractivity contribution in [3.8, 4) is 5.19 Å². The molecular formula is C15H15N5O2S. The van der Waals surface area contributed by atoms with Crippen molar-refractivity contribution in [3.63, 3.8) is 0 Å². The van der Waals surface area contributed by atoms with Crippen LogP contribution in [0.4, 0.5) is 0 Å². The maximum absolute atomic E-state index is 12.6. The fourth-order valence-corrected chi connectivity index (χ4v) is 3.23. The fraction of sp³-hybridized carbons (Fsp3) is 0.333. The van der Waals surface area contributed by atoms with Crippen LogP contribution in [-0.4, -0.2) is 49.6 Å². The lowest BCUT2D eigenvalue weighted by Gasteiger charge is -2.38. The zero-order chi connectivity index (χ0) is 16.0. The highest BCUT2D eigenvalue weighted by atomic mass is 32.1. The summed E-state index contributed by atoms with van der Waals surface area (Å²) in [5.41, 5.74) is 2.97. The highest BCUT2D eigenvalue weighted by molar-refractivity contribution is 7.11. The molecule has 0 atom stereocenters. The van der Waals surface area contributed by atoms with Crippen molar-refractivity contribution in [1.29, 1.82) is 0 Å². The van der Waals surface area contributed by atoms with E-state index in [-0.39, 0.29) is 12.0 Å². The van der Waals surface area contributed by atoms with E-state index in [4.69, 9.17) is 4.74 Å². The van der Waals surface area contributed by atoms with Crippen LogP contribution >= 0.6 is 11.3 Å². The number of carbonyl (C=O) groups excluding carboxylic acids is 1. The molecular weight excluding hydrogens is 314 g/mol. The number of aromatic nitrogens is 4. The van der Waals surface area contributed by atoms with Crippen LogP contribution in [0.25, 0.3) is 5.65 Å². The molecule has 23 heavy (non-hydrogen) atoms. The van der Waals surface area contributed by atoms with Crippen LogP contribution < -0.4 is 4.74 Å². The van der Waals surface area contributed by atoms with Gasteiger partial charge in [0.2, 0.25) is 0 Å². The molecule has 7 nitrogen and oxygen atoms in total. The van der Waals surface area contributed by atoms with E-state index in [1.165, 1.54) is 11.3 Å². The van der Waals surface area contributed by atoms with Gasteiger partial charge in [-0.15, -0.1) is 0 Å². The van der Waals surface area contributed by atoms with Gasteiger partial charge in [0.05, 0.1) is 19.3 Å². The average molecular weight is 329 g/mol. The van der Waals surface area contributed by atoms with E-state index < -0.39 is 0 Å². The second-order valence-corrected chi connectivity index (χ2v) is 6.44. The maximum atomic E-state index is 12.6. The lowest BCUT2D eigenvalue weighted by molar-refractivity contribution is 0.0178. The third-order valence-electron chi connectivity index (χ3n) is 3.82. The first kappa shape index (κ1) is 14.1. The van der Waals surface area contributed by atoms with Gasteiger partial charge in [-0.05, 0) is 19.9 Å². The van der Waals surface area contributed by atoms with Crippen molar-refractivity contribution in [2.45, 2.75) is 20.0 Å². The number of fused-ring (bicyclic) bond motifs is 1. The van der Waals surface area contributed by atoms with Crippen molar-refractivity contribution >= 4 is 22.9 Å². The minimum absolute atomic E-state index is 0.00312. The van der Waals surface area contributed by atoms with Crippen LogP contribution in [0, 0.1) is 13.8 Å². The summed E-state index contributed by atoms with van der Waals surface area (Å²) in [5.74, 6) is -0.0588. The molecule has 0 aromatic carbocycles. The molecule has 1 amide bonds. The van der Waals surface area contributed by atoms with E-state index in [1.807, 2.05) is 25.3 Å². The molecule has 1 fully saturated rings. The molecule has 3 aromatic rings. The van der Waals surface area contributed by atoms with E-state index in [0.29, 0.717) is 29.5 Å². The van der Waals surface area contributed by atoms with Gasteiger partial charge < -0.3 is 9.64 Å². The van der Waals surface area contributed by atoms with Crippen molar-refractivity contribution < 1.29 is 9.53 Å². The van der Waals surface area contributed by atoms with Gasteiger partial charge in [0, 0.05) is 23.0 Å². The molecule has 4 heterocycles. The minimum atomic E-state index is -0.0588. The number of amides is 1. The van der Waals surface area contributed by atoms with Gasteiger partial charge in [-0.2, -0.15) is 5.10 Å². The lowest BCUT2D eigenvalue weighted by atomic mass is 10.1. The number of hydrogen-bond acceptors (Lipinski definition) is 6. The molecule has 0 saturated carbocycles. The van der Waals surface area contributed by atoms with Crippen LogP contribution in [0.15, 0.2) is 23.8 Å². The summed E-state index contributed by atoms with van der Waals surface area (Å²) in [6.45, 7) is 4.97. The number of aryl methyl sites for hydroxylation is 2. The normalized spacial score (nSPS) is 15.0. The van der Waals surface area contributed by atoms with E-state index in [9.17, 15) is 4.79 Å². The molecule has 0 spiro atoms. The van der Waals surface area contributed by atoms with Gasteiger partial charge in [-0.3, -0.25) is 4.79 Å². The smallest absolute Gasteiger partial charge is 0.273 e. The van der Waals surface area contributed by atoms with Gasteiger partial charge in [-0.1, -0.05) is 11.3 Å². The molecule has 3 aromatic heterocycles. The van der Waals surface area contributed by atoms with E-state index in [2.05, 4.69) is 15.1 Å². The molecule has 118 valence electrons. The Labute approximate surface area is 136 Å². The standard InChI is InChI=1S/C15H15N5O2S/c1-9-5-10(2)20-13(18-9)12(6-17-20)14(21)19-7-11(8-19)22-15-16-3-4-23-15/h3-6,11H,7-8H2,1-2H3. The van der Waals surface area contributed by atoms with Crippen molar-refractivity contribution in [2.24, 2.45) is 0 Å². The Morgan fingerprint density at radius 3 is 2.96 bits per heavy atom. The van der Waals surface area contributed by atoms with E-state index in [0.717, 1.165) is 11.4 Å². The molecule has 0 unspecified atom stereocenters. The largest absolute Gasteiger partial charge is 0.463 e. The Bertz CT molecular complexity index is 868. The fourth-order valence-electron chi connectivity index (χ4n) is 2.68. The van der Waals surface area contributed by atoms with Crippen LogP contribution in [-0.2, 0) is 0 Å². The first-order valence-electron chi connectivity index (χ1n) is 7.29. The van der Waals surface area contributed by atoms with Gasteiger partial charge >= 0.3 is 0 Å². The maximum Gasteiger partial charge on any atom is 0.273 e. The highest BCUT2D eigenvalue weighted by Gasteiger charge is 2.34. The van der Waals surface area contributed by atoms with Crippen LogP contribution in [0.3, 0.4) is 0 Å². The Hall–Kier alpha value is -2.48. The Morgan fingerprint density at radius 2 is 2.22 bits per heavy atom. The van der Waals surface area contributed by atoms with Gasteiger partial charge in [0.15, 0.2) is 5.65 Å². The lowest BCUT2D eigenvalue weighted by Crippen LogP contribution is -2.56.